The van der Waals surface area contributed by atoms with Crippen molar-refractivity contribution in [2.45, 2.75) is 6.54 Å². The summed E-state index contributed by atoms with van der Waals surface area (Å²) in [5.41, 5.74) is 1.62. The Morgan fingerprint density at radius 1 is 1.25 bits per heavy atom. The average molecular weight is 363 g/mol. The van der Waals surface area contributed by atoms with Gasteiger partial charge in [0.2, 0.25) is 0 Å². The third-order valence-electron chi connectivity index (χ3n) is 3.72. The molecule has 1 saturated heterocycles. The highest BCUT2D eigenvalue weighted by Crippen LogP contribution is 2.20. The van der Waals surface area contributed by atoms with E-state index in [1.807, 2.05) is 36.0 Å². The molecule has 2 amide bonds. The van der Waals surface area contributed by atoms with E-state index in [1.54, 1.807) is 18.3 Å². The molecule has 7 heteroatoms. The molecule has 0 radical (unpaired) electrons. The topological polar surface area (TPSA) is 57.3 Å². The van der Waals surface area contributed by atoms with Crippen LogP contribution in [0.1, 0.15) is 5.56 Å². The molecule has 0 atom stereocenters. The number of nitrogens with zero attached hydrogens (tertiary/aromatic N) is 2. The average Bonchev–Trinajstić information content (AvgIpc) is 2.63. The standard InChI is InChI=1S/C17H19ClN4OS/c18-14-3-1-2-4-15(14)21-17(23)20-12-13-5-6-19-16(11-13)22-7-9-24-10-8-22/h1-6,11H,7-10,12H2,(H2,20,21,23). The second kappa shape index (κ2) is 8.26. The molecule has 1 fully saturated rings. The van der Waals surface area contributed by atoms with Crippen molar-refractivity contribution in [1.82, 2.24) is 10.3 Å². The zero-order chi connectivity index (χ0) is 16.8. The van der Waals surface area contributed by atoms with Crippen LogP contribution >= 0.6 is 23.4 Å². The molecule has 0 saturated carbocycles. The van der Waals surface area contributed by atoms with Gasteiger partial charge in [0.15, 0.2) is 0 Å². The van der Waals surface area contributed by atoms with Crippen molar-refractivity contribution in [1.29, 1.82) is 0 Å². The van der Waals surface area contributed by atoms with Gasteiger partial charge in [-0.25, -0.2) is 9.78 Å². The largest absolute Gasteiger partial charge is 0.355 e. The molecule has 1 aliphatic heterocycles. The highest BCUT2D eigenvalue weighted by atomic mass is 35.5. The fraction of sp³-hybridized carbons (Fsp3) is 0.294. The Labute approximate surface area is 150 Å². The van der Waals surface area contributed by atoms with Crippen molar-refractivity contribution >= 4 is 40.9 Å². The van der Waals surface area contributed by atoms with Gasteiger partial charge in [0, 0.05) is 37.3 Å². The van der Waals surface area contributed by atoms with E-state index < -0.39 is 0 Å². The molecule has 2 N–H and O–H groups in total. The number of urea groups is 1. The SMILES string of the molecule is O=C(NCc1ccnc(N2CCSCC2)c1)Nc1ccccc1Cl. The van der Waals surface area contributed by atoms with Crippen LogP contribution in [-0.2, 0) is 6.54 Å². The maximum Gasteiger partial charge on any atom is 0.319 e. The first-order valence-corrected chi connectivity index (χ1v) is 9.32. The van der Waals surface area contributed by atoms with Gasteiger partial charge in [-0.3, -0.25) is 0 Å². The van der Waals surface area contributed by atoms with Gasteiger partial charge in [-0.15, -0.1) is 0 Å². The molecule has 0 spiro atoms. The number of para-hydroxylation sites is 1. The number of pyridine rings is 1. The fourth-order valence-corrected chi connectivity index (χ4v) is 3.53. The number of hydrogen-bond donors (Lipinski definition) is 2. The summed E-state index contributed by atoms with van der Waals surface area (Å²) in [6.45, 7) is 2.47. The van der Waals surface area contributed by atoms with Crippen molar-refractivity contribution < 1.29 is 4.79 Å². The van der Waals surface area contributed by atoms with Gasteiger partial charge < -0.3 is 15.5 Å². The molecule has 1 aliphatic rings. The van der Waals surface area contributed by atoms with E-state index in [0.29, 0.717) is 17.3 Å². The number of rotatable bonds is 4. The van der Waals surface area contributed by atoms with Crippen LogP contribution in [0.3, 0.4) is 0 Å². The zero-order valence-electron chi connectivity index (χ0n) is 13.2. The number of anilines is 2. The number of thioether (sulfide) groups is 1. The Hall–Kier alpha value is -1.92. The Morgan fingerprint density at radius 2 is 2.04 bits per heavy atom. The number of aromatic nitrogens is 1. The summed E-state index contributed by atoms with van der Waals surface area (Å²) < 4.78 is 0. The van der Waals surface area contributed by atoms with Gasteiger partial charge in [0.1, 0.15) is 5.82 Å². The van der Waals surface area contributed by atoms with Gasteiger partial charge >= 0.3 is 6.03 Å². The zero-order valence-corrected chi connectivity index (χ0v) is 14.7. The highest BCUT2D eigenvalue weighted by molar-refractivity contribution is 7.99. The van der Waals surface area contributed by atoms with Crippen LogP contribution < -0.4 is 15.5 Å². The summed E-state index contributed by atoms with van der Waals surface area (Å²) >= 11 is 8.00. The molecule has 2 aromatic rings. The van der Waals surface area contributed by atoms with Gasteiger partial charge in [0.25, 0.3) is 0 Å². The summed E-state index contributed by atoms with van der Waals surface area (Å²) in [6, 6.07) is 10.8. The lowest BCUT2D eigenvalue weighted by molar-refractivity contribution is 0.251. The molecule has 0 bridgehead atoms. The minimum absolute atomic E-state index is 0.282. The fourth-order valence-electron chi connectivity index (χ4n) is 2.45. The number of nitrogens with one attached hydrogen (secondary N) is 2. The van der Waals surface area contributed by atoms with Crippen LogP contribution in [0.5, 0.6) is 0 Å². The van der Waals surface area contributed by atoms with Crippen molar-refractivity contribution in [3.8, 4) is 0 Å². The predicted octanol–water partition coefficient (Wildman–Crippen LogP) is 3.61. The molecule has 0 aliphatic carbocycles. The summed E-state index contributed by atoms with van der Waals surface area (Å²) in [5, 5.41) is 6.11. The van der Waals surface area contributed by atoms with E-state index in [4.69, 9.17) is 11.6 Å². The number of benzene rings is 1. The monoisotopic (exact) mass is 362 g/mol. The van der Waals surface area contributed by atoms with E-state index in [1.165, 1.54) is 0 Å². The Morgan fingerprint density at radius 3 is 2.83 bits per heavy atom. The number of hydrogen-bond acceptors (Lipinski definition) is 4. The first-order chi connectivity index (χ1) is 11.7. The van der Waals surface area contributed by atoms with Crippen molar-refractivity contribution in [3.63, 3.8) is 0 Å². The Balaban J connectivity index is 1.56. The minimum Gasteiger partial charge on any atom is -0.355 e. The van der Waals surface area contributed by atoms with Gasteiger partial charge in [-0.05, 0) is 29.8 Å². The number of carbonyl (C=O) groups is 1. The maximum absolute atomic E-state index is 12.0. The lowest BCUT2D eigenvalue weighted by Crippen LogP contribution is -2.33. The molecule has 126 valence electrons. The van der Waals surface area contributed by atoms with Crippen LogP contribution in [0.25, 0.3) is 0 Å². The Bertz CT molecular complexity index is 706. The molecule has 1 aromatic carbocycles. The van der Waals surface area contributed by atoms with E-state index >= 15 is 0 Å². The van der Waals surface area contributed by atoms with Gasteiger partial charge in [-0.2, -0.15) is 11.8 Å². The van der Waals surface area contributed by atoms with Crippen LogP contribution in [0.15, 0.2) is 42.6 Å². The summed E-state index contributed by atoms with van der Waals surface area (Å²) in [7, 11) is 0. The van der Waals surface area contributed by atoms with Crippen LogP contribution in [0.4, 0.5) is 16.3 Å². The van der Waals surface area contributed by atoms with Crippen LogP contribution in [0.2, 0.25) is 5.02 Å². The van der Waals surface area contributed by atoms with Crippen molar-refractivity contribution in [2.75, 3.05) is 34.8 Å². The number of halogens is 1. The van der Waals surface area contributed by atoms with Crippen LogP contribution in [-0.4, -0.2) is 35.6 Å². The number of amides is 2. The molecule has 24 heavy (non-hydrogen) atoms. The van der Waals surface area contributed by atoms with Gasteiger partial charge in [-0.1, -0.05) is 23.7 Å². The first kappa shape index (κ1) is 16.9. The normalized spacial score (nSPS) is 14.3. The third kappa shape index (κ3) is 4.55. The van der Waals surface area contributed by atoms with E-state index in [9.17, 15) is 4.79 Å². The van der Waals surface area contributed by atoms with E-state index in [-0.39, 0.29) is 6.03 Å². The Kier molecular flexibility index (Phi) is 5.82. The maximum atomic E-state index is 12.0. The van der Waals surface area contributed by atoms with E-state index in [2.05, 4.69) is 20.5 Å². The molecule has 1 aromatic heterocycles. The molecular formula is C17H19ClN4OS. The summed E-state index contributed by atoms with van der Waals surface area (Å²) in [6.07, 6.45) is 1.79. The number of carbonyl (C=O) groups excluding carboxylic acids is 1. The molecular weight excluding hydrogens is 344 g/mol. The lowest BCUT2D eigenvalue weighted by atomic mass is 10.2. The first-order valence-electron chi connectivity index (χ1n) is 7.79. The quantitative estimate of drug-likeness (QED) is 0.872. The van der Waals surface area contributed by atoms with Crippen LogP contribution in [0, 0.1) is 0 Å². The minimum atomic E-state index is -0.282. The predicted molar refractivity (Wildman–Crippen MR) is 101 cm³/mol. The third-order valence-corrected chi connectivity index (χ3v) is 4.99. The molecule has 0 unspecified atom stereocenters. The van der Waals surface area contributed by atoms with E-state index in [0.717, 1.165) is 36.0 Å². The smallest absolute Gasteiger partial charge is 0.319 e. The highest BCUT2D eigenvalue weighted by Gasteiger charge is 2.12. The second-order valence-electron chi connectivity index (χ2n) is 5.41. The summed E-state index contributed by atoms with van der Waals surface area (Å²) in [4.78, 5) is 18.7. The molecule has 2 heterocycles. The lowest BCUT2D eigenvalue weighted by Gasteiger charge is -2.27. The van der Waals surface area contributed by atoms with Crippen molar-refractivity contribution in [2.24, 2.45) is 0 Å². The van der Waals surface area contributed by atoms with Gasteiger partial charge in [0.05, 0.1) is 10.7 Å². The summed E-state index contributed by atoms with van der Waals surface area (Å²) in [5.74, 6) is 3.23. The molecule has 3 rings (SSSR count). The molecule has 5 nitrogen and oxygen atoms in total. The second-order valence-corrected chi connectivity index (χ2v) is 7.04. The van der Waals surface area contributed by atoms with Crippen molar-refractivity contribution in [3.05, 3.63) is 53.2 Å².